The van der Waals surface area contributed by atoms with Crippen LogP contribution in [0.2, 0.25) is 0 Å². The number of hydrogen-bond donors (Lipinski definition) is 1. The fourth-order valence-electron chi connectivity index (χ4n) is 7.92. The summed E-state index contributed by atoms with van der Waals surface area (Å²) < 4.78 is 21.2. The third kappa shape index (κ3) is 6.53. The predicted molar refractivity (Wildman–Crippen MR) is 171 cm³/mol. The quantitative estimate of drug-likeness (QED) is 0.315. The molecule has 45 heavy (non-hydrogen) atoms. The summed E-state index contributed by atoms with van der Waals surface area (Å²) in [5.41, 5.74) is 3.49. The first kappa shape index (κ1) is 29.7. The first-order chi connectivity index (χ1) is 21.9. The van der Waals surface area contributed by atoms with Crippen molar-refractivity contribution in [3.8, 4) is 28.7 Å². The number of likely N-dealkylation sites (tertiary alicyclic amines) is 1. The van der Waals surface area contributed by atoms with Gasteiger partial charge in [-0.25, -0.2) is 14.4 Å². The van der Waals surface area contributed by atoms with Gasteiger partial charge in [0, 0.05) is 50.1 Å². The highest BCUT2D eigenvalue weighted by atomic mass is 19.1. The van der Waals surface area contributed by atoms with Gasteiger partial charge >= 0.3 is 0 Å². The largest absolute Gasteiger partial charge is 0.451 e. The van der Waals surface area contributed by atoms with E-state index in [2.05, 4.69) is 31.2 Å². The second kappa shape index (κ2) is 12.4. The molecule has 0 bridgehead atoms. The molecule has 2 saturated heterocycles. The van der Waals surface area contributed by atoms with Gasteiger partial charge in [-0.2, -0.15) is 5.26 Å². The first-order valence-electron chi connectivity index (χ1n) is 16.4. The van der Waals surface area contributed by atoms with Gasteiger partial charge in [-0.15, -0.1) is 0 Å². The van der Waals surface area contributed by atoms with Crippen molar-refractivity contribution in [1.82, 2.24) is 20.2 Å². The minimum atomic E-state index is -0.332. The molecule has 2 aliphatic heterocycles. The van der Waals surface area contributed by atoms with Crippen LogP contribution in [0.1, 0.15) is 75.3 Å². The van der Waals surface area contributed by atoms with Gasteiger partial charge in [-0.3, -0.25) is 4.79 Å². The Hall–Kier alpha value is -4.03. The molecule has 3 heterocycles. The molecule has 1 aromatic heterocycles. The molecule has 1 atom stereocenters. The van der Waals surface area contributed by atoms with Crippen LogP contribution in [0.3, 0.4) is 0 Å². The highest BCUT2D eigenvalue weighted by Gasteiger charge is 2.44. The molecule has 9 heteroatoms. The van der Waals surface area contributed by atoms with E-state index in [0.717, 1.165) is 81.8 Å². The highest BCUT2D eigenvalue weighted by Crippen LogP contribution is 2.48. The van der Waals surface area contributed by atoms with Crippen molar-refractivity contribution in [1.29, 1.82) is 5.26 Å². The molecule has 1 amide bonds. The average molecular weight is 609 g/mol. The highest BCUT2D eigenvalue weighted by molar-refractivity contribution is 5.76. The SMILES string of the molecule is CC(=O)NC1CCC(CN2CCC3(CCN(c4ncncc4Oc4ccc(F)cc4-c4ccc(C#N)cc4C4CC4)C3)C2)CC1. The predicted octanol–water partition coefficient (Wildman–Crippen LogP) is 6.42. The maximum atomic E-state index is 14.6. The summed E-state index contributed by atoms with van der Waals surface area (Å²) in [6.45, 7) is 6.80. The number of amides is 1. The second-order valence-electron chi connectivity index (χ2n) is 13.7. The number of nitrogens with zero attached hydrogens (tertiary/aromatic N) is 5. The maximum Gasteiger partial charge on any atom is 0.217 e. The van der Waals surface area contributed by atoms with Crippen LogP contribution in [0.5, 0.6) is 11.5 Å². The maximum absolute atomic E-state index is 14.6. The molecule has 0 radical (unpaired) electrons. The van der Waals surface area contributed by atoms with E-state index < -0.39 is 0 Å². The molecule has 4 fully saturated rings. The molecule has 7 rings (SSSR count). The second-order valence-corrected chi connectivity index (χ2v) is 13.7. The van der Waals surface area contributed by atoms with Crippen molar-refractivity contribution in [2.45, 2.75) is 70.3 Å². The van der Waals surface area contributed by atoms with Gasteiger partial charge in [0.15, 0.2) is 11.6 Å². The Bertz CT molecular complexity index is 1610. The van der Waals surface area contributed by atoms with E-state index in [9.17, 15) is 14.4 Å². The van der Waals surface area contributed by atoms with Crippen molar-refractivity contribution in [3.63, 3.8) is 0 Å². The number of nitrogens with one attached hydrogen (secondary N) is 1. The van der Waals surface area contributed by atoms with Gasteiger partial charge in [0.25, 0.3) is 0 Å². The number of nitriles is 1. The summed E-state index contributed by atoms with van der Waals surface area (Å²) in [6, 6.07) is 12.9. The lowest BCUT2D eigenvalue weighted by molar-refractivity contribution is -0.119. The third-order valence-electron chi connectivity index (χ3n) is 10.3. The van der Waals surface area contributed by atoms with E-state index in [-0.39, 0.29) is 17.1 Å². The van der Waals surface area contributed by atoms with E-state index in [1.54, 1.807) is 31.6 Å². The van der Waals surface area contributed by atoms with Gasteiger partial charge in [-0.05, 0) is 111 Å². The summed E-state index contributed by atoms with van der Waals surface area (Å²) in [7, 11) is 0. The van der Waals surface area contributed by atoms with Crippen LogP contribution in [-0.4, -0.2) is 59.5 Å². The molecule has 4 aliphatic rings. The van der Waals surface area contributed by atoms with Crippen molar-refractivity contribution >= 4 is 11.7 Å². The Kier molecular flexibility index (Phi) is 8.17. The number of benzene rings is 2. The standard InChI is InChI=1S/C36H41FN6O2/c1-24(44)41-29-8-2-25(3-9-29)20-42-14-12-36(21-42)13-15-43(22-36)35-34(19-39-23-40-35)45-33-11-7-28(37)17-32(33)30-10-4-26(18-38)16-31(30)27-5-6-27/h4,7,10-11,16-17,19,23,25,27,29H,2-3,5-6,8-9,12-15,20-22H2,1H3,(H,41,44). The Morgan fingerprint density at radius 1 is 1.04 bits per heavy atom. The Morgan fingerprint density at radius 3 is 2.64 bits per heavy atom. The first-order valence-corrected chi connectivity index (χ1v) is 16.4. The van der Waals surface area contributed by atoms with E-state index in [1.807, 2.05) is 12.1 Å². The van der Waals surface area contributed by atoms with Crippen LogP contribution in [-0.2, 0) is 4.79 Å². The van der Waals surface area contributed by atoms with Crippen molar-refractivity contribution < 1.29 is 13.9 Å². The zero-order chi connectivity index (χ0) is 31.0. The molecule has 3 aromatic rings. The zero-order valence-electron chi connectivity index (χ0n) is 26.0. The van der Waals surface area contributed by atoms with Crippen LogP contribution in [0.15, 0.2) is 48.9 Å². The molecule has 1 N–H and O–H groups in total. The van der Waals surface area contributed by atoms with Gasteiger partial charge < -0.3 is 19.9 Å². The molecule has 1 unspecified atom stereocenters. The Labute approximate surface area is 264 Å². The molecule has 2 saturated carbocycles. The molecule has 8 nitrogen and oxygen atoms in total. The molecule has 2 aromatic carbocycles. The number of rotatable bonds is 8. The summed E-state index contributed by atoms with van der Waals surface area (Å²) in [5.74, 6) is 2.71. The van der Waals surface area contributed by atoms with E-state index in [4.69, 9.17) is 4.74 Å². The number of halogens is 1. The van der Waals surface area contributed by atoms with Gasteiger partial charge in [0.1, 0.15) is 17.9 Å². The lowest BCUT2D eigenvalue weighted by Gasteiger charge is -2.32. The van der Waals surface area contributed by atoms with E-state index >= 15 is 0 Å². The van der Waals surface area contributed by atoms with E-state index in [1.165, 1.54) is 31.4 Å². The summed E-state index contributed by atoms with van der Waals surface area (Å²) in [5, 5.41) is 12.6. The normalized spacial score (nSPS) is 25.0. The number of carbonyl (C=O) groups excluding carboxylic acids is 1. The number of hydrogen-bond acceptors (Lipinski definition) is 7. The number of ether oxygens (including phenoxy) is 1. The minimum absolute atomic E-state index is 0.0788. The monoisotopic (exact) mass is 608 g/mol. The fourth-order valence-corrected chi connectivity index (χ4v) is 7.92. The van der Waals surface area contributed by atoms with Crippen LogP contribution >= 0.6 is 0 Å². The zero-order valence-corrected chi connectivity index (χ0v) is 26.0. The topological polar surface area (TPSA) is 94.4 Å². The third-order valence-corrected chi connectivity index (χ3v) is 10.3. The van der Waals surface area contributed by atoms with Gasteiger partial charge in [-0.1, -0.05) is 6.07 Å². The minimum Gasteiger partial charge on any atom is -0.451 e. The lowest BCUT2D eigenvalue weighted by Crippen LogP contribution is -2.39. The number of anilines is 1. The van der Waals surface area contributed by atoms with Crippen molar-refractivity contribution in [2.24, 2.45) is 11.3 Å². The van der Waals surface area contributed by atoms with Crippen molar-refractivity contribution in [3.05, 3.63) is 65.9 Å². The Morgan fingerprint density at radius 2 is 1.87 bits per heavy atom. The molecule has 1 spiro atoms. The number of aromatic nitrogens is 2. The number of carbonyl (C=O) groups is 1. The van der Waals surface area contributed by atoms with Crippen LogP contribution < -0.4 is 15.0 Å². The summed E-state index contributed by atoms with van der Waals surface area (Å²) in [4.78, 5) is 25.4. The van der Waals surface area contributed by atoms with Crippen LogP contribution in [0.4, 0.5) is 10.2 Å². The lowest BCUT2D eigenvalue weighted by atomic mass is 9.85. The van der Waals surface area contributed by atoms with Gasteiger partial charge in [0.05, 0.1) is 17.8 Å². The fraction of sp³-hybridized carbons (Fsp3) is 0.500. The van der Waals surface area contributed by atoms with E-state index in [0.29, 0.717) is 40.5 Å². The molecular weight excluding hydrogens is 567 g/mol. The molecule has 234 valence electrons. The Balaban J connectivity index is 1.05. The van der Waals surface area contributed by atoms with Crippen LogP contribution in [0, 0.1) is 28.5 Å². The van der Waals surface area contributed by atoms with Crippen molar-refractivity contribution in [2.75, 3.05) is 37.6 Å². The molecule has 2 aliphatic carbocycles. The smallest absolute Gasteiger partial charge is 0.217 e. The summed E-state index contributed by atoms with van der Waals surface area (Å²) in [6.07, 6.45) is 12.2. The van der Waals surface area contributed by atoms with Crippen LogP contribution in [0.25, 0.3) is 11.1 Å². The summed E-state index contributed by atoms with van der Waals surface area (Å²) >= 11 is 0. The average Bonchev–Trinajstić information content (AvgIpc) is 3.71. The van der Waals surface area contributed by atoms with Gasteiger partial charge in [0.2, 0.25) is 5.91 Å². The molecular formula is C36H41FN6O2.